The number of rotatable bonds is 5. The van der Waals surface area contributed by atoms with Crippen molar-refractivity contribution in [1.82, 2.24) is 5.32 Å². The quantitative estimate of drug-likeness (QED) is 0.904. The van der Waals surface area contributed by atoms with Crippen LogP contribution in [0.4, 0.5) is 8.78 Å². The first-order chi connectivity index (χ1) is 12.1. The maximum Gasteiger partial charge on any atom is 0.258 e. The van der Waals surface area contributed by atoms with E-state index in [-0.39, 0.29) is 18.2 Å². The predicted octanol–water partition coefficient (Wildman–Crippen LogP) is 3.17. The first-order valence-electron chi connectivity index (χ1n) is 8.11. The van der Waals surface area contributed by atoms with E-state index in [4.69, 9.17) is 9.47 Å². The van der Waals surface area contributed by atoms with Gasteiger partial charge in [-0.1, -0.05) is 24.3 Å². The molecule has 2 aromatic rings. The summed E-state index contributed by atoms with van der Waals surface area (Å²) in [5.41, 5.74) is -0.0224. The summed E-state index contributed by atoms with van der Waals surface area (Å²) in [6.45, 7) is 0.606. The normalized spacial score (nSPS) is 16.2. The third kappa shape index (κ3) is 4.14. The molecule has 0 bridgehead atoms. The van der Waals surface area contributed by atoms with Crippen molar-refractivity contribution < 1.29 is 23.0 Å². The van der Waals surface area contributed by atoms with Gasteiger partial charge in [-0.15, -0.1) is 0 Å². The van der Waals surface area contributed by atoms with Crippen molar-refractivity contribution in [3.63, 3.8) is 0 Å². The first-order valence-corrected chi connectivity index (χ1v) is 8.11. The molecule has 0 spiro atoms. The fourth-order valence-electron chi connectivity index (χ4n) is 3.00. The third-order valence-electron chi connectivity index (χ3n) is 4.30. The van der Waals surface area contributed by atoms with Crippen LogP contribution in [0.2, 0.25) is 0 Å². The molecule has 1 amide bonds. The first kappa shape index (κ1) is 17.4. The summed E-state index contributed by atoms with van der Waals surface area (Å²) < 4.78 is 37.8. The van der Waals surface area contributed by atoms with E-state index < -0.39 is 17.3 Å². The van der Waals surface area contributed by atoms with Crippen molar-refractivity contribution in [3.8, 4) is 5.75 Å². The van der Waals surface area contributed by atoms with Gasteiger partial charge >= 0.3 is 0 Å². The van der Waals surface area contributed by atoms with Crippen molar-refractivity contribution in [2.24, 2.45) is 0 Å². The lowest BCUT2D eigenvalue weighted by molar-refractivity contribution is -0.126. The molecule has 0 aliphatic carbocycles. The van der Waals surface area contributed by atoms with Crippen LogP contribution in [0, 0.1) is 11.6 Å². The highest BCUT2D eigenvalue weighted by molar-refractivity contribution is 5.78. The minimum Gasteiger partial charge on any atom is -0.481 e. The summed E-state index contributed by atoms with van der Waals surface area (Å²) >= 11 is 0. The standard InChI is InChI=1S/C19H19F2NO3/c20-15-5-3-4-14(12-15)19(8-10-24-11-9-19)22-18(23)13-25-17-7-2-1-6-16(17)21/h1-7,12H,8-11,13H2,(H,22,23). The largest absolute Gasteiger partial charge is 0.481 e. The van der Waals surface area contributed by atoms with E-state index >= 15 is 0 Å². The van der Waals surface area contributed by atoms with E-state index in [0.717, 1.165) is 0 Å². The van der Waals surface area contributed by atoms with Gasteiger partial charge in [0.05, 0.1) is 5.54 Å². The highest BCUT2D eigenvalue weighted by Gasteiger charge is 2.36. The van der Waals surface area contributed by atoms with Crippen LogP contribution in [0.1, 0.15) is 18.4 Å². The average Bonchev–Trinajstić information content (AvgIpc) is 2.62. The lowest BCUT2D eigenvalue weighted by Gasteiger charge is -2.38. The van der Waals surface area contributed by atoms with Gasteiger partial charge in [-0.2, -0.15) is 0 Å². The number of hydrogen-bond donors (Lipinski definition) is 1. The molecular weight excluding hydrogens is 328 g/mol. The Bertz CT molecular complexity index is 745. The predicted molar refractivity (Wildman–Crippen MR) is 88.2 cm³/mol. The molecule has 0 atom stereocenters. The summed E-state index contributed by atoms with van der Waals surface area (Å²) in [6, 6.07) is 12.1. The molecule has 132 valence electrons. The highest BCUT2D eigenvalue weighted by atomic mass is 19.1. The molecule has 4 nitrogen and oxygen atoms in total. The fraction of sp³-hybridized carbons (Fsp3) is 0.316. The Kier molecular flexibility index (Phi) is 5.28. The molecule has 0 aromatic heterocycles. The van der Waals surface area contributed by atoms with E-state index in [1.54, 1.807) is 24.3 Å². The van der Waals surface area contributed by atoms with Crippen molar-refractivity contribution in [2.75, 3.05) is 19.8 Å². The lowest BCUT2D eigenvalue weighted by atomic mass is 9.82. The molecule has 0 saturated carbocycles. The summed E-state index contributed by atoms with van der Waals surface area (Å²) in [5, 5.41) is 2.93. The Morgan fingerprint density at radius 1 is 1.12 bits per heavy atom. The van der Waals surface area contributed by atoms with E-state index in [9.17, 15) is 13.6 Å². The highest BCUT2D eigenvalue weighted by Crippen LogP contribution is 2.32. The van der Waals surface area contributed by atoms with Gasteiger partial charge < -0.3 is 14.8 Å². The van der Waals surface area contributed by atoms with Gasteiger partial charge in [-0.3, -0.25) is 4.79 Å². The number of amides is 1. The molecular formula is C19H19F2NO3. The monoisotopic (exact) mass is 347 g/mol. The Morgan fingerprint density at radius 3 is 2.60 bits per heavy atom. The van der Waals surface area contributed by atoms with E-state index in [1.807, 2.05) is 0 Å². The van der Waals surface area contributed by atoms with Gasteiger partial charge in [0.15, 0.2) is 18.2 Å². The van der Waals surface area contributed by atoms with Crippen LogP contribution in [-0.4, -0.2) is 25.7 Å². The van der Waals surface area contributed by atoms with Gasteiger partial charge in [0.1, 0.15) is 5.82 Å². The minimum absolute atomic E-state index is 0.0180. The van der Waals surface area contributed by atoms with Crippen LogP contribution in [0.25, 0.3) is 0 Å². The van der Waals surface area contributed by atoms with Gasteiger partial charge in [-0.05, 0) is 42.7 Å². The number of carbonyl (C=O) groups excluding carboxylic acids is 1. The fourth-order valence-corrected chi connectivity index (χ4v) is 3.00. The molecule has 2 aromatic carbocycles. The van der Waals surface area contributed by atoms with Crippen LogP contribution in [0.3, 0.4) is 0 Å². The van der Waals surface area contributed by atoms with Crippen LogP contribution < -0.4 is 10.1 Å². The van der Waals surface area contributed by atoms with Crippen LogP contribution in [0.15, 0.2) is 48.5 Å². The van der Waals surface area contributed by atoms with Crippen molar-refractivity contribution in [3.05, 3.63) is 65.7 Å². The average molecular weight is 347 g/mol. The van der Waals surface area contributed by atoms with E-state index in [0.29, 0.717) is 31.6 Å². The molecule has 1 aliphatic rings. The number of nitrogens with one attached hydrogen (secondary N) is 1. The smallest absolute Gasteiger partial charge is 0.258 e. The summed E-state index contributed by atoms with van der Waals surface area (Å²) in [7, 11) is 0. The molecule has 1 N–H and O–H groups in total. The van der Waals surface area contributed by atoms with Gasteiger partial charge in [0, 0.05) is 13.2 Å². The lowest BCUT2D eigenvalue weighted by Crippen LogP contribution is -2.50. The second-order valence-electron chi connectivity index (χ2n) is 5.97. The number of para-hydroxylation sites is 1. The zero-order valence-electron chi connectivity index (χ0n) is 13.6. The molecule has 1 aliphatic heterocycles. The van der Waals surface area contributed by atoms with Crippen molar-refractivity contribution >= 4 is 5.91 Å². The number of hydrogen-bond acceptors (Lipinski definition) is 3. The van der Waals surface area contributed by atoms with Gasteiger partial charge in [0.25, 0.3) is 5.91 Å². The Balaban J connectivity index is 1.72. The molecule has 0 unspecified atom stereocenters. The number of carbonyl (C=O) groups is 1. The maximum atomic E-state index is 13.6. The topological polar surface area (TPSA) is 47.6 Å². The molecule has 6 heteroatoms. The van der Waals surface area contributed by atoms with Crippen LogP contribution in [0.5, 0.6) is 5.75 Å². The maximum absolute atomic E-state index is 13.6. The Labute approximate surface area is 144 Å². The second kappa shape index (κ2) is 7.61. The van der Waals surface area contributed by atoms with Gasteiger partial charge in [-0.25, -0.2) is 8.78 Å². The number of benzene rings is 2. The van der Waals surface area contributed by atoms with Crippen molar-refractivity contribution in [2.45, 2.75) is 18.4 Å². The Hall–Kier alpha value is -2.47. The van der Waals surface area contributed by atoms with Gasteiger partial charge in [0.2, 0.25) is 0 Å². The molecule has 1 fully saturated rings. The molecule has 25 heavy (non-hydrogen) atoms. The van der Waals surface area contributed by atoms with E-state index in [2.05, 4.69) is 5.32 Å². The van der Waals surface area contributed by atoms with Crippen LogP contribution in [-0.2, 0) is 15.1 Å². The summed E-state index contributed by atoms with van der Waals surface area (Å²) in [5.74, 6) is -1.26. The van der Waals surface area contributed by atoms with E-state index in [1.165, 1.54) is 24.3 Å². The third-order valence-corrected chi connectivity index (χ3v) is 4.30. The second-order valence-corrected chi connectivity index (χ2v) is 5.97. The number of halogens is 2. The SMILES string of the molecule is O=C(COc1ccccc1F)NC1(c2cccc(F)c2)CCOCC1. The number of ether oxygens (including phenoxy) is 2. The molecule has 3 rings (SSSR count). The van der Waals surface area contributed by atoms with Crippen LogP contribution >= 0.6 is 0 Å². The minimum atomic E-state index is -0.712. The summed E-state index contributed by atoms with van der Waals surface area (Å²) in [4.78, 5) is 12.4. The summed E-state index contributed by atoms with van der Waals surface area (Å²) in [6.07, 6.45) is 1.06. The molecule has 1 heterocycles. The molecule has 1 saturated heterocycles. The molecule has 0 radical (unpaired) electrons. The van der Waals surface area contributed by atoms with Crippen molar-refractivity contribution in [1.29, 1.82) is 0 Å². The zero-order chi connectivity index (χ0) is 17.7. The zero-order valence-corrected chi connectivity index (χ0v) is 13.6. The Morgan fingerprint density at radius 2 is 1.88 bits per heavy atom.